The number of hydrogen-bond donors (Lipinski definition) is 2. The topological polar surface area (TPSA) is 66.0 Å². The number of aromatic nitrogens is 3. The van der Waals surface area contributed by atoms with Crippen LogP contribution in [0.5, 0.6) is 0 Å². The fourth-order valence-corrected chi connectivity index (χ4v) is 2.58. The van der Waals surface area contributed by atoms with Crippen LogP contribution >= 0.6 is 0 Å². The molecule has 0 fully saturated rings. The molecule has 0 aliphatic rings. The summed E-state index contributed by atoms with van der Waals surface area (Å²) < 4.78 is 26.8. The van der Waals surface area contributed by atoms with E-state index in [2.05, 4.69) is 30.5 Å². The highest BCUT2D eigenvalue weighted by molar-refractivity contribution is 5.63. The summed E-state index contributed by atoms with van der Waals surface area (Å²) in [5.41, 5.74) is 2.03. The quantitative estimate of drug-likeness (QED) is 0.621. The molecule has 8 heteroatoms. The highest BCUT2D eigenvalue weighted by atomic mass is 19.1. The zero-order chi connectivity index (χ0) is 19.9. The Morgan fingerprint density at radius 1 is 1.00 bits per heavy atom. The molecule has 1 aromatic carbocycles. The third-order valence-corrected chi connectivity index (χ3v) is 3.92. The molecule has 0 amide bonds. The molecule has 6 nitrogen and oxygen atoms in total. The molecule has 3 aromatic rings. The maximum Gasteiger partial charge on any atom is 0.225 e. The first-order chi connectivity index (χ1) is 13.5. The molecule has 28 heavy (non-hydrogen) atoms. The lowest BCUT2D eigenvalue weighted by molar-refractivity contribution is 0.425. The lowest BCUT2D eigenvalue weighted by Crippen LogP contribution is -2.21. The van der Waals surface area contributed by atoms with Crippen molar-refractivity contribution in [1.29, 1.82) is 0 Å². The van der Waals surface area contributed by atoms with Gasteiger partial charge >= 0.3 is 0 Å². The summed E-state index contributed by atoms with van der Waals surface area (Å²) in [4.78, 5) is 15.2. The normalized spacial score (nSPS) is 10.9. The van der Waals surface area contributed by atoms with Crippen LogP contribution in [0.3, 0.4) is 0 Å². The number of nitrogens with zero attached hydrogens (tertiary/aromatic N) is 4. The van der Waals surface area contributed by atoms with E-state index in [9.17, 15) is 8.78 Å². The van der Waals surface area contributed by atoms with Crippen molar-refractivity contribution in [3.8, 4) is 11.3 Å². The van der Waals surface area contributed by atoms with Gasteiger partial charge in [-0.2, -0.15) is 4.98 Å². The number of pyridine rings is 1. The van der Waals surface area contributed by atoms with E-state index in [0.29, 0.717) is 29.6 Å². The highest BCUT2D eigenvalue weighted by Gasteiger charge is 2.08. The first kappa shape index (κ1) is 19.6. The minimum atomic E-state index is -0.610. The second-order valence-corrected chi connectivity index (χ2v) is 6.57. The maximum absolute atomic E-state index is 13.4. The molecule has 0 saturated heterocycles. The zero-order valence-corrected chi connectivity index (χ0v) is 15.8. The van der Waals surface area contributed by atoms with Crippen molar-refractivity contribution in [2.45, 2.75) is 6.54 Å². The smallest absolute Gasteiger partial charge is 0.225 e. The van der Waals surface area contributed by atoms with E-state index >= 15 is 0 Å². The minimum Gasteiger partial charge on any atom is -0.366 e. The first-order valence-corrected chi connectivity index (χ1v) is 8.86. The van der Waals surface area contributed by atoms with Crippen molar-refractivity contribution in [2.75, 3.05) is 37.8 Å². The Kier molecular flexibility index (Phi) is 6.44. The van der Waals surface area contributed by atoms with Gasteiger partial charge in [0.25, 0.3) is 0 Å². The number of rotatable bonds is 8. The van der Waals surface area contributed by atoms with Crippen LogP contribution in [0.2, 0.25) is 0 Å². The molecule has 146 valence electrons. The highest BCUT2D eigenvalue weighted by Crippen LogP contribution is 2.21. The van der Waals surface area contributed by atoms with Gasteiger partial charge in [0.15, 0.2) is 0 Å². The van der Waals surface area contributed by atoms with Gasteiger partial charge in [-0.3, -0.25) is 4.98 Å². The fraction of sp³-hybridized carbons (Fsp3) is 0.250. The number of hydrogen-bond acceptors (Lipinski definition) is 6. The molecular weight excluding hydrogens is 362 g/mol. The summed E-state index contributed by atoms with van der Waals surface area (Å²) in [6.45, 7) is 1.74. The number of halogens is 2. The van der Waals surface area contributed by atoms with Crippen molar-refractivity contribution < 1.29 is 8.78 Å². The van der Waals surface area contributed by atoms with Gasteiger partial charge in [-0.25, -0.2) is 13.8 Å². The van der Waals surface area contributed by atoms with Crippen LogP contribution in [0.4, 0.5) is 20.5 Å². The molecular formula is C20H22F2N6. The number of anilines is 2. The van der Waals surface area contributed by atoms with Crippen LogP contribution in [0.25, 0.3) is 11.3 Å². The van der Waals surface area contributed by atoms with E-state index in [-0.39, 0.29) is 6.54 Å². The molecule has 0 unspecified atom stereocenters. The largest absolute Gasteiger partial charge is 0.366 e. The summed E-state index contributed by atoms with van der Waals surface area (Å²) in [5.74, 6) is -0.204. The SMILES string of the molecule is CN(C)CCNc1nc(NCc2cc(F)cc(F)c2)cc(-c2cccnc2)n1. The predicted octanol–water partition coefficient (Wildman–Crippen LogP) is 3.40. The van der Waals surface area contributed by atoms with Crippen LogP contribution < -0.4 is 10.6 Å². The van der Waals surface area contributed by atoms with Gasteiger partial charge in [0.05, 0.1) is 5.69 Å². The van der Waals surface area contributed by atoms with Crippen molar-refractivity contribution in [2.24, 2.45) is 0 Å². The van der Waals surface area contributed by atoms with Crippen LogP contribution in [0.15, 0.2) is 48.8 Å². The van der Waals surface area contributed by atoms with E-state index < -0.39 is 11.6 Å². The summed E-state index contributed by atoms with van der Waals surface area (Å²) in [5, 5.41) is 6.31. The van der Waals surface area contributed by atoms with Crippen LogP contribution in [-0.2, 0) is 6.54 Å². The average molecular weight is 384 g/mol. The molecule has 3 rings (SSSR count). The molecule has 0 radical (unpaired) electrons. The van der Waals surface area contributed by atoms with Crippen molar-refractivity contribution in [3.63, 3.8) is 0 Å². The molecule has 0 spiro atoms. The van der Waals surface area contributed by atoms with Crippen molar-refractivity contribution in [3.05, 3.63) is 66.0 Å². The standard InChI is InChI=1S/C20H22F2N6/c1-28(2)7-6-24-20-26-18(15-4-3-5-23-13-15)11-19(27-20)25-12-14-8-16(21)10-17(22)9-14/h3-5,8-11,13H,6-7,12H2,1-2H3,(H2,24,25,26,27). The van der Waals surface area contributed by atoms with E-state index in [1.165, 1.54) is 12.1 Å². The molecule has 0 atom stereocenters. The van der Waals surface area contributed by atoms with Crippen molar-refractivity contribution >= 4 is 11.8 Å². The van der Waals surface area contributed by atoms with E-state index in [1.54, 1.807) is 18.5 Å². The van der Waals surface area contributed by atoms with Crippen LogP contribution in [-0.4, -0.2) is 47.0 Å². The van der Waals surface area contributed by atoms with Gasteiger partial charge in [-0.1, -0.05) is 0 Å². The van der Waals surface area contributed by atoms with Gasteiger partial charge in [-0.15, -0.1) is 0 Å². The molecule has 0 aliphatic carbocycles. The third-order valence-electron chi connectivity index (χ3n) is 3.92. The predicted molar refractivity (Wildman–Crippen MR) is 106 cm³/mol. The minimum absolute atomic E-state index is 0.231. The Labute approximate surface area is 162 Å². The number of benzene rings is 1. The Balaban J connectivity index is 1.81. The fourth-order valence-electron chi connectivity index (χ4n) is 2.58. The Morgan fingerprint density at radius 3 is 2.46 bits per heavy atom. The Bertz CT molecular complexity index is 898. The molecule has 2 aromatic heterocycles. The summed E-state index contributed by atoms with van der Waals surface area (Å²) >= 11 is 0. The number of likely N-dealkylation sites (N-methyl/N-ethyl adjacent to an activating group) is 1. The summed E-state index contributed by atoms with van der Waals surface area (Å²) in [6, 6.07) is 8.94. The maximum atomic E-state index is 13.4. The lowest BCUT2D eigenvalue weighted by atomic mass is 10.2. The van der Waals surface area contributed by atoms with Crippen molar-refractivity contribution in [1.82, 2.24) is 19.9 Å². The lowest BCUT2D eigenvalue weighted by Gasteiger charge is -2.13. The molecule has 0 saturated carbocycles. The summed E-state index contributed by atoms with van der Waals surface area (Å²) in [7, 11) is 3.97. The van der Waals surface area contributed by atoms with Gasteiger partial charge in [0, 0.05) is 49.7 Å². The van der Waals surface area contributed by atoms with Crippen LogP contribution in [0.1, 0.15) is 5.56 Å². The zero-order valence-electron chi connectivity index (χ0n) is 15.8. The van der Waals surface area contributed by atoms with Gasteiger partial charge in [0.1, 0.15) is 17.5 Å². The average Bonchev–Trinajstić information content (AvgIpc) is 2.66. The third kappa shape index (κ3) is 5.68. The molecule has 0 aliphatic heterocycles. The second kappa shape index (κ2) is 9.18. The molecule has 0 bridgehead atoms. The summed E-state index contributed by atoms with van der Waals surface area (Å²) in [6.07, 6.45) is 3.41. The first-order valence-electron chi connectivity index (χ1n) is 8.86. The molecule has 2 N–H and O–H groups in total. The van der Waals surface area contributed by atoms with Gasteiger partial charge < -0.3 is 15.5 Å². The second-order valence-electron chi connectivity index (χ2n) is 6.57. The monoisotopic (exact) mass is 384 g/mol. The van der Waals surface area contributed by atoms with E-state index in [0.717, 1.165) is 18.2 Å². The Morgan fingerprint density at radius 2 is 1.79 bits per heavy atom. The van der Waals surface area contributed by atoms with Crippen LogP contribution in [0, 0.1) is 11.6 Å². The van der Waals surface area contributed by atoms with E-state index in [4.69, 9.17) is 0 Å². The number of nitrogens with one attached hydrogen (secondary N) is 2. The van der Waals surface area contributed by atoms with Gasteiger partial charge in [0.2, 0.25) is 5.95 Å². The van der Waals surface area contributed by atoms with E-state index in [1.807, 2.05) is 26.2 Å². The van der Waals surface area contributed by atoms with Gasteiger partial charge in [-0.05, 0) is 43.9 Å². The Hall–Kier alpha value is -3.13. The molecule has 2 heterocycles.